The number of hydrogen-bond acceptors (Lipinski definition) is 0. The average Bonchev–Trinajstić information content (AvgIpc) is 1.00. The Kier molecular flexibility index (Phi) is 174. The summed E-state index contributed by atoms with van der Waals surface area (Å²) in [4.78, 5) is 0. The van der Waals surface area contributed by atoms with E-state index in [0.717, 1.165) is 20.7 Å². The summed E-state index contributed by atoms with van der Waals surface area (Å²) in [5, 5.41) is 0. The van der Waals surface area contributed by atoms with Gasteiger partial charge in [-0.2, -0.15) is 0 Å². The summed E-state index contributed by atoms with van der Waals surface area (Å²) < 4.78 is 0. The molecule has 0 spiro atoms. The van der Waals surface area contributed by atoms with Gasteiger partial charge in [-0.05, 0) is 0 Å². The fraction of sp³-hybridized carbons (Fsp3) is 0. The molecule has 0 N–H and O–H groups in total. The molecule has 0 saturated heterocycles. The van der Waals surface area contributed by atoms with Crippen LogP contribution in [0.3, 0.4) is 0 Å². The molecule has 0 bridgehead atoms. The normalized spacial score (nSPS) is 1.00. The van der Waals surface area contributed by atoms with Gasteiger partial charge in [0.25, 0.3) is 0 Å². The van der Waals surface area contributed by atoms with Gasteiger partial charge in [0.1, 0.15) is 0 Å². The molecular weight excluding hydrogens is 661 g/mol. The maximum absolute atomic E-state index is 3.07. The van der Waals surface area contributed by atoms with Gasteiger partial charge in [0, 0.05) is 71.0 Å². The van der Waals surface area contributed by atoms with Crippen molar-refractivity contribution >= 4 is 48.0 Å². The third kappa shape index (κ3) is 23.4. The standard InChI is InChI=1S/Mn.2Nb.Pb.Sb.Zr.4H. The molecule has 6 heavy (non-hydrogen) atoms. The minimum absolute atomic E-state index is 0. The molecule has 0 amide bonds. The SMILES string of the molecule is [Mn][SbH2].[Nb].[Nb].[PbH2].[Zr]. The Balaban J connectivity index is -0.000000000833. The molecule has 0 aromatic heterocycles. The van der Waals surface area contributed by atoms with Crippen LogP contribution in [0.25, 0.3) is 0 Å². The van der Waals surface area contributed by atoms with E-state index >= 15 is 0 Å². The van der Waals surface area contributed by atoms with Gasteiger partial charge in [-0.1, -0.05) is 0 Å². The minimum Gasteiger partial charge on any atom is 0 e. The third-order valence-electron chi connectivity index (χ3n) is 0. The summed E-state index contributed by atoms with van der Waals surface area (Å²) in [7, 11) is 0. The van der Waals surface area contributed by atoms with E-state index in [4.69, 9.17) is 0 Å². The van der Waals surface area contributed by atoms with Crippen LogP contribution >= 0.6 is 0 Å². The Labute approximate surface area is 128 Å². The van der Waals surface area contributed by atoms with Crippen LogP contribution in [0.2, 0.25) is 0 Å². The average molecular weight is 665 g/mol. The topological polar surface area (TPSA) is 0 Å². The van der Waals surface area contributed by atoms with Gasteiger partial charge < -0.3 is 0 Å². The molecule has 0 aliphatic heterocycles. The maximum Gasteiger partial charge on any atom is 0 e. The smallest absolute Gasteiger partial charge is 0 e. The van der Waals surface area contributed by atoms with Gasteiger partial charge in [0.2, 0.25) is 0 Å². The van der Waals surface area contributed by atoms with E-state index in [1.165, 1.54) is 0 Å². The van der Waals surface area contributed by atoms with Gasteiger partial charge >= 0.3 is 60.7 Å². The molecule has 4 radical (unpaired) electrons. The molecule has 0 fully saturated rings. The van der Waals surface area contributed by atoms with Gasteiger partial charge in [-0.25, -0.2) is 0 Å². The quantitative estimate of drug-likeness (QED) is 0.268. The van der Waals surface area contributed by atoms with Crippen molar-refractivity contribution in [2.24, 2.45) is 0 Å². The van der Waals surface area contributed by atoms with Crippen molar-refractivity contribution in [3.05, 3.63) is 0 Å². The first-order chi connectivity index (χ1) is 1.00. The van der Waals surface area contributed by atoms with Crippen molar-refractivity contribution in [2.45, 2.75) is 0 Å². The monoisotopic (exact) mass is 664 g/mol. The molecule has 0 aliphatic carbocycles. The summed E-state index contributed by atoms with van der Waals surface area (Å²) in [6.07, 6.45) is 0. The zero-order chi connectivity index (χ0) is 2.00. The first-order valence-electron chi connectivity index (χ1n) is 0.218. The summed E-state index contributed by atoms with van der Waals surface area (Å²) in [5.41, 5.74) is 0. The molecule has 0 aromatic rings. The van der Waals surface area contributed by atoms with E-state index in [1.807, 2.05) is 0 Å². The van der Waals surface area contributed by atoms with Crippen LogP contribution < -0.4 is 0 Å². The van der Waals surface area contributed by atoms with Gasteiger partial charge in [0.05, 0.1) is 0 Å². The van der Waals surface area contributed by atoms with Gasteiger partial charge in [-0.3, -0.25) is 0 Å². The molecule has 6 heteroatoms. The molecule has 0 aromatic carbocycles. The van der Waals surface area contributed by atoms with Crippen LogP contribution in [0.4, 0.5) is 0 Å². The van der Waals surface area contributed by atoms with E-state index in [-0.39, 0.29) is 98.3 Å². The number of hydrogen-bond donors (Lipinski definition) is 0. The van der Waals surface area contributed by atoms with E-state index in [1.54, 1.807) is 0 Å². The van der Waals surface area contributed by atoms with Crippen molar-refractivity contribution < 1.29 is 83.6 Å². The first-order valence-corrected chi connectivity index (χ1v) is 6.04. The zero-order valence-electron chi connectivity index (χ0n) is 3.06. The van der Waals surface area contributed by atoms with Crippen molar-refractivity contribution in [1.29, 1.82) is 0 Å². The first kappa shape index (κ1) is 31.1. The second-order valence-corrected chi connectivity index (χ2v) is 0. The summed E-state index contributed by atoms with van der Waals surface area (Å²) >= 11 is 4.23. The van der Waals surface area contributed by atoms with Crippen LogP contribution in [0.5, 0.6) is 0 Å². The zero-order valence-corrected chi connectivity index (χ0v) is 19.9. The molecule has 34 valence electrons. The Morgan fingerprint density at radius 1 is 1.00 bits per heavy atom. The van der Waals surface area contributed by atoms with Crippen molar-refractivity contribution in [1.82, 2.24) is 0 Å². The predicted molar refractivity (Wildman–Crippen MR) is 17.1 cm³/mol. The Bertz CT molecular complexity index is 13.5. The van der Waals surface area contributed by atoms with Gasteiger partial charge in [-0.15, -0.1) is 0 Å². The third-order valence-corrected chi connectivity index (χ3v) is 0. The van der Waals surface area contributed by atoms with E-state index in [0.29, 0.717) is 0 Å². The fourth-order valence-electron chi connectivity index (χ4n) is 0. The van der Waals surface area contributed by atoms with Crippen LogP contribution in [0.1, 0.15) is 0 Å². The second kappa shape index (κ2) is 33.5. The van der Waals surface area contributed by atoms with Crippen LogP contribution in [0, 0.1) is 0 Å². The van der Waals surface area contributed by atoms with Crippen LogP contribution in [0.15, 0.2) is 0 Å². The Hall–Kier alpha value is 4.62. The second-order valence-electron chi connectivity index (χ2n) is 0. The van der Waals surface area contributed by atoms with Crippen molar-refractivity contribution in [2.75, 3.05) is 0 Å². The Morgan fingerprint density at radius 2 is 1.00 bits per heavy atom. The predicted octanol–water partition coefficient (Wildman–Crippen LogP) is -1.84. The minimum atomic E-state index is 0. The maximum atomic E-state index is 3.07. The fourth-order valence-corrected chi connectivity index (χ4v) is 0. The summed E-state index contributed by atoms with van der Waals surface area (Å²) in [6.45, 7) is 0. The molecule has 0 unspecified atom stereocenters. The van der Waals surface area contributed by atoms with E-state index < -0.39 is 0 Å². The van der Waals surface area contributed by atoms with Crippen LogP contribution in [-0.2, 0) is 83.6 Å². The summed E-state index contributed by atoms with van der Waals surface area (Å²) in [6, 6.07) is 0. The molecule has 0 aliphatic rings. The Morgan fingerprint density at radius 3 is 1.00 bits per heavy atom. The van der Waals surface area contributed by atoms with Crippen molar-refractivity contribution in [3.63, 3.8) is 0 Å². The number of rotatable bonds is 0. The molecule has 0 nitrogen and oxygen atoms in total. The van der Waals surface area contributed by atoms with Gasteiger partial charge in [0.15, 0.2) is 0 Å². The summed E-state index contributed by atoms with van der Waals surface area (Å²) in [5.74, 6) is 0. The van der Waals surface area contributed by atoms with E-state index in [9.17, 15) is 0 Å². The molecule has 0 rings (SSSR count). The molecular formula is H4MnNb2PbSbZr. The largest absolute Gasteiger partial charge is 0 e. The molecule has 0 heterocycles. The van der Waals surface area contributed by atoms with E-state index in [2.05, 4.69) is 12.7 Å². The molecule has 0 saturated carbocycles. The van der Waals surface area contributed by atoms with Crippen molar-refractivity contribution in [3.8, 4) is 0 Å². The van der Waals surface area contributed by atoms with Crippen LogP contribution in [-0.4, -0.2) is 48.0 Å². The molecule has 0 atom stereocenters.